The SMILES string of the molecule is c1cc(-c2cncc3[nH]c(-c4n[nH]c5cnc(-c6cncnc6)cc45)cc23)ccn1. The zero-order chi connectivity index (χ0) is 19.9. The maximum absolute atomic E-state index is 4.54. The van der Waals surface area contributed by atoms with Crippen LogP contribution in [-0.2, 0) is 0 Å². The van der Waals surface area contributed by atoms with Gasteiger partial charge in [-0.1, -0.05) is 0 Å². The highest BCUT2D eigenvalue weighted by Gasteiger charge is 2.15. The van der Waals surface area contributed by atoms with Gasteiger partial charge in [-0.25, -0.2) is 9.97 Å². The summed E-state index contributed by atoms with van der Waals surface area (Å²) in [6, 6.07) is 8.06. The number of nitrogens with one attached hydrogen (secondary N) is 2. The van der Waals surface area contributed by atoms with E-state index >= 15 is 0 Å². The molecule has 0 radical (unpaired) electrons. The lowest BCUT2D eigenvalue weighted by atomic mass is 10.1. The number of nitrogens with zero attached hydrogens (tertiary/aromatic N) is 6. The number of aromatic nitrogens is 8. The van der Waals surface area contributed by atoms with Gasteiger partial charge in [0.05, 0.1) is 34.8 Å². The molecule has 0 spiro atoms. The van der Waals surface area contributed by atoms with E-state index in [0.717, 1.165) is 55.6 Å². The molecule has 0 aromatic carbocycles. The predicted molar refractivity (Wildman–Crippen MR) is 113 cm³/mol. The Morgan fingerprint density at radius 3 is 2.43 bits per heavy atom. The third kappa shape index (κ3) is 2.62. The number of rotatable bonds is 3. The molecule has 0 saturated carbocycles. The van der Waals surface area contributed by atoms with Gasteiger partial charge in [-0.05, 0) is 29.8 Å². The molecule has 0 bridgehead atoms. The Kier molecular flexibility index (Phi) is 3.60. The molecule has 30 heavy (non-hydrogen) atoms. The van der Waals surface area contributed by atoms with Crippen LogP contribution in [0.15, 0.2) is 74.0 Å². The fraction of sp³-hybridized carbons (Fsp3) is 0. The van der Waals surface area contributed by atoms with E-state index in [9.17, 15) is 0 Å². The Morgan fingerprint density at radius 1 is 0.700 bits per heavy atom. The molecule has 0 aliphatic rings. The lowest BCUT2D eigenvalue weighted by molar-refractivity contribution is 1.11. The van der Waals surface area contributed by atoms with Crippen LogP contribution in [0.4, 0.5) is 0 Å². The Hall–Kier alpha value is -4.46. The van der Waals surface area contributed by atoms with Gasteiger partial charge < -0.3 is 4.98 Å². The fourth-order valence-corrected chi connectivity index (χ4v) is 3.65. The molecule has 142 valence electrons. The maximum Gasteiger partial charge on any atom is 0.116 e. The molecule has 6 aromatic heterocycles. The van der Waals surface area contributed by atoms with Crippen molar-refractivity contribution in [1.82, 2.24) is 40.1 Å². The van der Waals surface area contributed by atoms with Crippen LogP contribution >= 0.6 is 0 Å². The highest BCUT2D eigenvalue weighted by Crippen LogP contribution is 2.33. The van der Waals surface area contributed by atoms with Crippen molar-refractivity contribution in [3.05, 3.63) is 74.0 Å². The third-order valence-corrected chi connectivity index (χ3v) is 5.10. The van der Waals surface area contributed by atoms with Gasteiger partial charge in [0.2, 0.25) is 0 Å². The second-order valence-electron chi connectivity index (χ2n) is 6.88. The van der Waals surface area contributed by atoms with Crippen molar-refractivity contribution in [3.8, 4) is 33.8 Å². The van der Waals surface area contributed by atoms with E-state index in [1.54, 1.807) is 31.0 Å². The van der Waals surface area contributed by atoms with E-state index in [1.165, 1.54) is 6.33 Å². The minimum atomic E-state index is 0.793. The maximum atomic E-state index is 4.54. The van der Waals surface area contributed by atoms with Crippen molar-refractivity contribution in [1.29, 1.82) is 0 Å². The molecule has 0 amide bonds. The van der Waals surface area contributed by atoms with Gasteiger partial charge in [0, 0.05) is 52.9 Å². The molecule has 6 rings (SSSR count). The van der Waals surface area contributed by atoms with Crippen molar-refractivity contribution < 1.29 is 0 Å². The zero-order valence-corrected chi connectivity index (χ0v) is 15.6. The van der Waals surface area contributed by atoms with E-state index in [1.807, 2.05) is 30.6 Å². The average molecular weight is 390 g/mol. The molecule has 0 unspecified atom stereocenters. The van der Waals surface area contributed by atoms with Gasteiger partial charge in [-0.2, -0.15) is 5.10 Å². The van der Waals surface area contributed by atoms with Crippen molar-refractivity contribution in [3.63, 3.8) is 0 Å². The topological polar surface area (TPSA) is 109 Å². The summed E-state index contributed by atoms with van der Waals surface area (Å²) in [6.07, 6.45) is 14.0. The molecule has 0 fully saturated rings. The highest BCUT2D eigenvalue weighted by atomic mass is 15.1. The summed E-state index contributed by atoms with van der Waals surface area (Å²) in [7, 11) is 0. The van der Waals surface area contributed by atoms with Crippen LogP contribution < -0.4 is 0 Å². The molecular weight excluding hydrogens is 376 g/mol. The molecular formula is C22H14N8. The molecule has 8 nitrogen and oxygen atoms in total. The van der Waals surface area contributed by atoms with Crippen LogP contribution in [0.5, 0.6) is 0 Å². The van der Waals surface area contributed by atoms with Gasteiger partial charge in [0.15, 0.2) is 0 Å². The minimum Gasteiger partial charge on any atom is -0.352 e. The summed E-state index contributed by atoms with van der Waals surface area (Å²) in [5.41, 5.74) is 7.28. The predicted octanol–water partition coefficient (Wildman–Crippen LogP) is 4.02. The Morgan fingerprint density at radius 2 is 1.57 bits per heavy atom. The van der Waals surface area contributed by atoms with Crippen molar-refractivity contribution in [2.24, 2.45) is 0 Å². The Labute approximate surface area is 170 Å². The average Bonchev–Trinajstić information content (AvgIpc) is 3.43. The van der Waals surface area contributed by atoms with Gasteiger partial charge in [-0.3, -0.25) is 20.1 Å². The first kappa shape index (κ1) is 16.5. The van der Waals surface area contributed by atoms with Crippen LogP contribution in [0, 0.1) is 0 Å². The van der Waals surface area contributed by atoms with Crippen molar-refractivity contribution in [2.45, 2.75) is 0 Å². The molecule has 0 saturated heterocycles. The van der Waals surface area contributed by atoms with Crippen molar-refractivity contribution in [2.75, 3.05) is 0 Å². The summed E-state index contributed by atoms with van der Waals surface area (Å²) in [6.45, 7) is 0. The monoisotopic (exact) mass is 390 g/mol. The van der Waals surface area contributed by atoms with E-state index in [-0.39, 0.29) is 0 Å². The largest absolute Gasteiger partial charge is 0.352 e. The van der Waals surface area contributed by atoms with Crippen LogP contribution in [0.2, 0.25) is 0 Å². The van der Waals surface area contributed by atoms with Crippen LogP contribution in [0.1, 0.15) is 0 Å². The second kappa shape index (κ2) is 6.56. The van der Waals surface area contributed by atoms with Gasteiger partial charge in [0.1, 0.15) is 12.0 Å². The first-order valence-electron chi connectivity index (χ1n) is 9.34. The summed E-state index contributed by atoms with van der Waals surface area (Å²) >= 11 is 0. The van der Waals surface area contributed by atoms with Crippen molar-refractivity contribution >= 4 is 21.8 Å². The number of fused-ring (bicyclic) bond motifs is 2. The second-order valence-corrected chi connectivity index (χ2v) is 6.88. The summed E-state index contributed by atoms with van der Waals surface area (Å²) in [5, 5.41) is 9.65. The smallest absolute Gasteiger partial charge is 0.116 e. The van der Waals surface area contributed by atoms with Crippen LogP contribution in [-0.4, -0.2) is 40.1 Å². The molecule has 0 atom stereocenters. The van der Waals surface area contributed by atoms with E-state index in [0.29, 0.717) is 0 Å². The summed E-state index contributed by atoms with van der Waals surface area (Å²) in [5.74, 6) is 0. The number of hydrogen-bond acceptors (Lipinski definition) is 6. The normalized spacial score (nSPS) is 11.3. The molecule has 2 N–H and O–H groups in total. The minimum absolute atomic E-state index is 0.793. The fourth-order valence-electron chi connectivity index (χ4n) is 3.65. The molecule has 0 aliphatic carbocycles. The molecule has 8 heteroatoms. The Bertz CT molecular complexity index is 1490. The van der Waals surface area contributed by atoms with Gasteiger partial charge >= 0.3 is 0 Å². The number of pyridine rings is 3. The third-order valence-electron chi connectivity index (χ3n) is 5.10. The Balaban J connectivity index is 1.52. The zero-order valence-electron chi connectivity index (χ0n) is 15.6. The van der Waals surface area contributed by atoms with E-state index in [4.69, 9.17) is 0 Å². The van der Waals surface area contributed by atoms with E-state index < -0.39 is 0 Å². The quantitative estimate of drug-likeness (QED) is 0.472. The lowest BCUT2D eigenvalue weighted by Gasteiger charge is -2.01. The number of H-pyrrole nitrogens is 2. The summed E-state index contributed by atoms with van der Waals surface area (Å²) < 4.78 is 0. The van der Waals surface area contributed by atoms with Crippen LogP contribution in [0.25, 0.3) is 55.6 Å². The molecule has 6 aromatic rings. The standard InChI is InChI=1S/C22H14N8/c1-3-23-4-2-13(1)17-9-24-10-20-15(17)5-19(28-20)22-16-6-18(14-7-25-12-26-8-14)27-11-21(16)29-30-22/h1-12,28H,(H,29,30). The highest BCUT2D eigenvalue weighted by molar-refractivity contribution is 6.00. The first-order chi connectivity index (χ1) is 14.9. The van der Waals surface area contributed by atoms with E-state index in [2.05, 4.69) is 46.2 Å². The first-order valence-corrected chi connectivity index (χ1v) is 9.34. The number of aromatic amines is 2. The molecule has 6 heterocycles. The summed E-state index contributed by atoms with van der Waals surface area (Å²) in [4.78, 5) is 24.6. The lowest BCUT2D eigenvalue weighted by Crippen LogP contribution is -1.86. The van der Waals surface area contributed by atoms with Gasteiger partial charge in [-0.15, -0.1) is 0 Å². The van der Waals surface area contributed by atoms with Crippen LogP contribution in [0.3, 0.4) is 0 Å². The molecule has 0 aliphatic heterocycles. The van der Waals surface area contributed by atoms with Gasteiger partial charge in [0.25, 0.3) is 0 Å². The number of hydrogen-bond donors (Lipinski definition) is 2.